The van der Waals surface area contributed by atoms with Gasteiger partial charge in [-0.3, -0.25) is 0 Å². The molecule has 2 nitrogen and oxygen atoms in total. The fourth-order valence-corrected chi connectivity index (χ4v) is 3.70. The monoisotopic (exact) mass is 285 g/mol. The number of ether oxygens (including phenoxy) is 1. The van der Waals surface area contributed by atoms with Crippen LogP contribution in [0.25, 0.3) is 0 Å². The van der Waals surface area contributed by atoms with Crippen LogP contribution in [-0.4, -0.2) is 12.4 Å². The Morgan fingerprint density at radius 1 is 1.25 bits per heavy atom. The predicted molar refractivity (Wildman–Crippen MR) is 85.6 cm³/mol. The Morgan fingerprint density at radius 2 is 2.10 bits per heavy atom. The average Bonchev–Trinajstić information content (AvgIpc) is 2.46. The van der Waals surface area contributed by atoms with Gasteiger partial charge in [0.2, 0.25) is 0 Å². The number of aryl methyl sites for hydroxylation is 1. The molecule has 20 heavy (non-hydrogen) atoms. The first-order valence-corrected chi connectivity index (χ1v) is 7.93. The van der Waals surface area contributed by atoms with Crippen LogP contribution in [0, 0.1) is 6.92 Å². The molecule has 1 aliphatic heterocycles. The number of benzene rings is 2. The molecule has 3 heteroatoms. The van der Waals surface area contributed by atoms with E-state index in [2.05, 4.69) is 37.3 Å². The number of rotatable bonds is 3. The molecule has 2 aromatic carbocycles. The SMILES string of the molecule is Cc1ccc(SCC2CCOc3ccccc32)c(N)c1. The van der Waals surface area contributed by atoms with Crippen molar-refractivity contribution < 1.29 is 4.74 Å². The van der Waals surface area contributed by atoms with Gasteiger partial charge < -0.3 is 10.5 Å². The second-order valence-corrected chi connectivity index (χ2v) is 6.29. The van der Waals surface area contributed by atoms with Gasteiger partial charge in [-0.25, -0.2) is 0 Å². The Balaban J connectivity index is 1.73. The summed E-state index contributed by atoms with van der Waals surface area (Å²) in [5.41, 5.74) is 9.51. The Labute approximate surface area is 124 Å². The first-order valence-electron chi connectivity index (χ1n) is 6.94. The van der Waals surface area contributed by atoms with Crippen LogP contribution in [0.15, 0.2) is 47.4 Å². The average molecular weight is 285 g/mol. The van der Waals surface area contributed by atoms with Gasteiger partial charge in [-0.15, -0.1) is 11.8 Å². The molecule has 2 N–H and O–H groups in total. The predicted octanol–water partition coefficient (Wildman–Crippen LogP) is 4.24. The summed E-state index contributed by atoms with van der Waals surface area (Å²) in [5.74, 6) is 2.64. The van der Waals surface area contributed by atoms with Crippen LogP contribution in [-0.2, 0) is 0 Å². The van der Waals surface area contributed by atoms with Crippen molar-refractivity contribution in [2.24, 2.45) is 0 Å². The molecule has 0 saturated heterocycles. The van der Waals surface area contributed by atoms with Gasteiger partial charge >= 0.3 is 0 Å². The third-order valence-corrected chi connectivity index (χ3v) is 4.94. The molecule has 0 aliphatic carbocycles. The maximum absolute atomic E-state index is 6.09. The maximum Gasteiger partial charge on any atom is 0.122 e. The molecule has 1 heterocycles. The zero-order valence-electron chi connectivity index (χ0n) is 11.6. The van der Waals surface area contributed by atoms with Crippen LogP contribution in [0.2, 0.25) is 0 Å². The van der Waals surface area contributed by atoms with E-state index in [0.717, 1.165) is 30.2 Å². The van der Waals surface area contributed by atoms with Crippen molar-refractivity contribution in [3.8, 4) is 5.75 Å². The maximum atomic E-state index is 6.09. The summed E-state index contributed by atoms with van der Waals surface area (Å²) in [6, 6.07) is 14.7. The summed E-state index contributed by atoms with van der Waals surface area (Å²) >= 11 is 1.85. The molecule has 0 spiro atoms. The van der Waals surface area contributed by atoms with E-state index in [0.29, 0.717) is 5.92 Å². The van der Waals surface area contributed by atoms with Crippen molar-refractivity contribution in [2.45, 2.75) is 24.2 Å². The van der Waals surface area contributed by atoms with Crippen LogP contribution >= 0.6 is 11.8 Å². The number of thioether (sulfide) groups is 1. The molecule has 0 saturated carbocycles. The highest BCUT2D eigenvalue weighted by atomic mass is 32.2. The van der Waals surface area contributed by atoms with Gasteiger partial charge in [0, 0.05) is 22.3 Å². The van der Waals surface area contributed by atoms with Crippen molar-refractivity contribution >= 4 is 17.4 Å². The highest BCUT2D eigenvalue weighted by Gasteiger charge is 2.21. The van der Waals surface area contributed by atoms with Crippen LogP contribution in [0.3, 0.4) is 0 Å². The summed E-state index contributed by atoms with van der Waals surface area (Å²) in [6.07, 6.45) is 1.08. The van der Waals surface area contributed by atoms with E-state index in [4.69, 9.17) is 10.5 Å². The molecular formula is C17H19NOS. The summed E-state index contributed by atoms with van der Waals surface area (Å²) in [7, 11) is 0. The lowest BCUT2D eigenvalue weighted by Crippen LogP contribution is -2.15. The molecule has 2 aromatic rings. The van der Waals surface area contributed by atoms with Crippen molar-refractivity contribution in [3.05, 3.63) is 53.6 Å². The number of hydrogen-bond donors (Lipinski definition) is 1. The normalized spacial score (nSPS) is 17.4. The van der Waals surface area contributed by atoms with Crippen molar-refractivity contribution in [2.75, 3.05) is 18.1 Å². The van der Waals surface area contributed by atoms with E-state index in [1.807, 2.05) is 23.9 Å². The first kappa shape index (κ1) is 13.4. The Bertz CT molecular complexity index is 612. The molecule has 104 valence electrons. The molecule has 1 unspecified atom stereocenters. The Morgan fingerprint density at radius 3 is 2.95 bits per heavy atom. The molecule has 0 bridgehead atoms. The van der Waals surface area contributed by atoms with Crippen LogP contribution in [0.5, 0.6) is 5.75 Å². The summed E-state index contributed by atoms with van der Waals surface area (Å²) in [5, 5.41) is 0. The van der Waals surface area contributed by atoms with E-state index in [9.17, 15) is 0 Å². The summed E-state index contributed by atoms with van der Waals surface area (Å²) in [4.78, 5) is 1.18. The number of anilines is 1. The molecule has 1 aliphatic rings. The number of hydrogen-bond acceptors (Lipinski definition) is 3. The first-order chi connectivity index (χ1) is 9.74. The lowest BCUT2D eigenvalue weighted by atomic mass is 9.95. The van der Waals surface area contributed by atoms with Gasteiger partial charge in [0.1, 0.15) is 5.75 Å². The lowest BCUT2D eigenvalue weighted by molar-refractivity contribution is 0.273. The number of fused-ring (bicyclic) bond motifs is 1. The van der Waals surface area contributed by atoms with E-state index in [1.54, 1.807) is 0 Å². The van der Waals surface area contributed by atoms with Gasteiger partial charge in [0.05, 0.1) is 6.61 Å². The van der Waals surface area contributed by atoms with Gasteiger partial charge in [0.25, 0.3) is 0 Å². The second kappa shape index (κ2) is 5.80. The van der Waals surface area contributed by atoms with E-state index < -0.39 is 0 Å². The molecule has 3 rings (SSSR count). The number of para-hydroxylation sites is 1. The minimum absolute atomic E-state index is 0.547. The molecule has 0 aromatic heterocycles. The quantitative estimate of drug-likeness (QED) is 0.677. The zero-order valence-corrected chi connectivity index (χ0v) is 12.5. The van der Waals surface area contributed by atoms with Crippen LogP contribution < -0.4 is 10.5 Å². The smallest absolute Gasteiger partial charge is 0.122 e. The fraction of sp³-hybridized carbons (Fsp3) is 0.294. The van der Waals surface area contributed by atoms with Crippen molar-refractivity contribution in [1.82, 2.24) is 0 Å². The molecule has 0 radical (unpaired) electrons. The highest BCUT2D eigenvalue weighted by molar-refractivity contribution is 7.99. The largest absolute Gasteiger partial charge is 0.493 e. The van der Waals surface area contributed by atoms with Gasteiger partial charge in [0.15, 0.2) is 0 Å². The molecule has 0 amide bonds. The minimum atomic E-state index is 0.547. The Kier molecular flexibility index (Phi) is 3.88. The fourth-order valence-electron chi connectivity index (χ4n) is 2.58. The molecule has 0 fully saturated rings. The van der Waals surface area contributed by atoms with Gasteiger partial charge in [-0.2, -0.15) is 0 Å². The minimum Gasteiger partial charge on any atom is -0.493 e. The van der Waals surface area contributed by atoms with E-state index in [1.165, 1.54) is 16.0 Å². The van der Waals surface area contributed by atoms with Gasteiger partial charge in [-0.1, -0.05) is 24.3 Å². The van der Waals surface area contributed by atoms with E-state index >= 15 is 0 Å². The molecule has 1 atom stereocenters. The zero-order chi connectivity index (χ0) is 13.9. The summed E-state index contributed by atoms with van der Waals surface area (Å²) in [6.45, 7) is 2.88. The summed E-state index contributed by atoms with van der Waals surface area (Å²) < 4.78 is 5.71. The Hall–Kier alpha value is -1.61. The molecular weight excluding hydrogens is 266 g/mol. The number of nitrogens with two attached hydrogens (primary N) is 1. The lowest BCUT2D eigenvalue weighted by Gasteiger charge is -2.25. The van der Waals surface area contributed by atoms with Crippen molar-refractivity contribution in [3.63, 3.8) is 0 Å². The van der Waals surface area contributed by atoms with E-state index in [-0.39, 0.29) is 0 Å². The number of nitrogen functional groups attached to an aromatic ring is 1. The third-order valence-electron chi connectivity index (χ3n) is 3.69. The van der Waals surface area contributed by atoms with Crippen LogP contribution in [0.4, 0.5) is 5.69 Å². The highest BCUT2D eigenvalue weighted by Crippen LogP contribution is 2.38. The van der Waals surface area contributed by atoms with Crippen molar-refractivity contribution in [1.29, 1.82) is 0 Å². The standard InChI is InChI=1S/C17H19NOS/c1-12-6-7-17(15(18)10-12)20-11-13-8-9-19-16-5-3-2-4-14(13)16/h2-7,10,13H,8-9,11,18H2,1H3. The van der Waals surface area contributed by atoms with Gasteiger partial charge in [-0.05, 0) is 42.7 Å². The second-order valence-electron chi connectivity index (χ2n) is 5.22. The third kappa shape index (κ3) is 2.78. The van der Waals surface area contributed by atoms with Crippen LogP contribution in [0.1, 0.15) is 23.5 Å². The topological polar surface area (TPSA) is 35.2 Å².